The summed E-state index contributed by atoms with van der Waals surface area (Å²) in [6, 6.07) is 8.10. The summed E-state index contributed by atoms with van der Waals surface area (Å²) in [4.78, 5) is 23.3. The molecule has 1 atom stereocenters. The van der Waals surface area contributed by atoms with E-state index in [0.29, 0.717) is 16.5 Å². The van der Waals surface area contributed by atoms with E-state index < -0.39 is 18.0 Å². The molecule has 2 rings (SSSR count). The highest BCUT2D eigenvalue weighted by atomic mass is 35.5. The number of hydrogen-bond acceptors (Lipinski definition) is 6. The summed E-state index contributed by atoms with van der Waals surface area (Å²) in [5.41, 5.74) is 0.816. The Labute approximate surface area is 144 Å². The van der Waals surface area contributed by atoms with Crippen LogP contribution >= 0.6 is 11.6 Å². The number of esters is 2. The molecule has 0 spiro atoms. The molecule has 24 heavy (non-hydrogen) atoms. The maximum absolute atomic E-state index is 12.0. The van der Waals surface area contributed by atoms with Crippen LogP contribution in [0.3, 0.4) is 0 Å². The van der Waals surface area contributed by atoms with E-state index in [0.717, 1.165) is 5.56 Å². The summed E-state index contributed by atoms with van der Waals surface area (Å²) in [7, 11) is 1.25. The second-order valence-corrected chi connectivity index (χ2v) is 5.47. The lowest BCUT2D eigenvalue weighted by molar-refractivity contribution is -0.153. The molecule has 0 amide bonds. The average Bonchev–Trinajstić information content (AvgIpc) is 3.03. The SMILES string of the molecule is COC(=O)c1ccc(COC(=O)C(C)Oc2ccc(Cl)cc2C)o1. The van der Waals surface area contributed by atoms with Gasteiger partial charge in [0.1, 0.15) is 18.1 Å². The molecule has 1 aromatic carbocycles. The number of methoxy groups -OCH3 is 1. The van der Waals surface area contributed by atoms with Crippen LogP contribution < -0.4 is 4.74 Å². The molecule has 0 bridgehead atoms. The lowest BCUT2D eigenvalue weighted by Crippen LogP contribution is -2.26. The molecule has 0 aliphatic rings. The molecule has 1 aromatic heterocycles. The summed E-state index contributed by atoms with van der Waals surface area (Å²) in [6.45, 7) is 3.30. The van der Waals surface area contributed by atoms with Gasteiger partial charge in [0.15, 0.2) is 6.10 Å². The number of carbonyl (C=O) groups is 2. The summed E-state index contributed by atoms with van der Waals surface area (Å²) >= 11 is 5.88. The van der Waals surface area contributed by atoms with E-state index in [-0.39, 0.29) is 12.4 Å². The maximum atomic E-state index is 12.0. The standard InChI is InChI=1S/C17H17ClO6/c1-10-8-12(18)4-6-14(10)23-11(2)16(19)22-9-13-5-7-15(24-13)17(20)21-3/h4-8,11H,9H2,1-3H3. The number of aryl methyl sites for hydroxylation is 1. The van der Waals surface area contributed by atoms with E-state index in [4.69, 9.17) is 25.5 Å². The van der Waals surface area contributed by atoms with Crippen LogP contribution in [-0.4, -0.2) is 25.2 Å². The first kappa shape index (κ1) is 17.9. The van der Waals surface area contributed by atoms with Gasteiger partial charge in [-0.25, -0.2) is 9.59 Å². The minimum atomic E-state index is -0.806. The molecule has 6 nitrogen and oxygen atoms in total. The molecule has 0 aliphatic carbocycles. The van der Waals surface area contributed by atoms with Crippen molar-refractivity contribution in [3.05, 3.63) is 52.4 Å². The van der Waals surface area contributed by atoms with Crippen molar-refractivity contribution in [1.29, 1.82) is 0 Å². The molecule has 0 fully saturated rings. The Morgan fingerprint density at radius 1 is 1.25 bits per heavy atom. The zero-order valence-corrected chi connectivity index (χ0v) is 14.3. The number of carbonyl (C=O) groups excluding carboxylic acids is 2. The summed E-state index contributed by atoms with van der Waals surface area (Å²) in [5.74, 6) is -0.221. The summed E-state index contributed by atoms with van der Waals surface area (Å²) in [6.07, 6.45) is -0.806. The third kappa shape index (κ3) is 4.52. The van der Waals surface area contributed by atoms with E-state index in [1.54, 1.807) is 25.1 Å². The molecular weight excluding hydrogens is 336 g/mol. The number of furan rings is 1. The molecule has 0 saturated heterocycles. The zero-order valence-electron chi connectivity index (χ0n) is 13.5. The molecule has 1 heterocycles. The van der Waals surface area contributed by atoms with Gasteiger partial charge in [-0.1, -0.05) is 11.6 Å². The van der Waals surface area contributed by atoms with Gasteiger partial charge in [-0.05, 0) is 49.7 Å². The topological polar surface area (TPSA) is 75.0 Å². The molecule has 0 saturated carbocycles. The Morgan fingerprint density at radius 2 is 2.00 bits per heavy atom. The van der Waals surface area contributed by atoms with Gasteiger partial charge in [0.05, 0.1) is 7.11 Å². The molecule has 0 N–H and O–H groups in total. The van der Waals surface area contributed by atoms with Crippen molar-refractivity contribution in [2.24, 2.45) is 0 Å². The highest BCUT2D eigenvalue weighted by molar-refractivity contribution is 6.30. The van der Waals surface area contributed by atoms with Crippen LogP contribution in [0.1, 0.15) is 28.8 Å². The first-order valence-electron chi connectivity index (χ1n) is 7.17. The largest absolute Gasteiger partial charge is 0.479 e. The first-order chi connectivity index (χ1) is 11.4. The second kappa shape index (κ2) is 7.88. The van der Waals surface area contributed by atoms with Gasteiger partial charge >= 0.3 is 11.9 Å². The third-order valence-electron chi connectivity index (χ3n) is 3.18. The van der Waals surface area contributed by atoms with Crippen LogP contribution in [0.25, 0.3) is 0 Å². The molecule has 1 unspecified atom stereocenters. The monoisotopic (exact) mass is 352 g/mol. The van der Waals surface area contributed by atoms with E-state index in [1.807, 2.05) is 6.92 Å². The lowest BCUT2D eigenvalue weighted by Gasteiger charge is -2.15. The Hall–Kier alpha value is -2.47. The van der Waals surface area contributed by atoms with E-state index in [2.05, 4.69) is 4.74 Å². The zero-order chi connectivity index (χ0) is 17.7. The fourth-order valence-corrected chi connectivity index (χ4v) is 2.14. The van der Waals surface area contributed by atoms with Crippen molar-refractivity contribution in [2.75, 3.05) is 7.11 Å². The van der Waals surface area contributed by atoms with Gasteiger partial charge < -0.3 is 18.6 Å². The number of ether oxygens (including phenoxy) is 3. The van der Waals surface area contributed by atoms with Gasteiger partial charge in [-0.2, -0.15) is 0 Å². The van der Waals surface area contributed by atoms with E-state index in [1.165, 1.54) is 19.2 Å². The number of rotatable bonds is 6. The number of hydrogen-bond donors (Lipinski definition) is 0. The number of halogens is 1. The highest BCUT2D eigenvalue weighted by Crippen LogP contribution is 2.23. The molecule has 0 aliphatic heterocycles. The van der Waals surface area contributed by atoms with E-state index in [9.17, 15) is 9.59 Å². The van der Waals surface area contributed by atoms with Gasteiger partial charge in [0.25, 0.3) is 0 Å². The average molecular weight is 353 g/mol. The van der Waals surface area contributed by atoms with E-state index >= 15 is 0 Å². The van der Waals surface area contributed by atoms with Crippen LogP contribution in [0.2, 0.25) is 5.02 Å². The lowest BCUT2D eigenvalue weighted by atomic mass is 10.2. The van der Waals surface area contributed by atoms with Crippen molar-refractivity contribution >= 4 is 23.5 Å². The van der Waals surface area contributed by atoms with Gasteiger partial charge in [0, 0.05) is 5.02 Å². The fraction of sp³-hybridized carbons (Fsp3) is 0.294. The Bertz CT molecular complexity index is 736. The summed E-state index contributed by atoms with van der Waals surface area (Å²) in [5, 5.41) is 0.592. The Morgan fingerprint density at radius 3 is 2.67 bits per heavy atom. The fourth-order valence-electron chi connectivity index (χ4n) is 1.91. The molecule has 128 valence electrons. The maximum Gasteiger partial charge on any atom is 0.373 e. The van der Waals surface area contributed by atoms with Crippen molar-refractivity contribution in [1.82, 2.24) is 0 Å². The predicted molar refractivity (Wildman–Crippen MR) is 86.1 cm³/mol. The van der Waals surface area contributed by atoms with Crippen molar-refractivity contribution < 1.29 is 28.2 Å². The minimum Gasteiger partial charge on any atom is -0.479 e. The smallest absolute Gasteiger partial charge is 0.373 e. The van der Waals surface area contributed by atoms with Gasteiger partial charge in [0.2, 0.25) is 5.76 Å². The van der Waals surface area contributed by atoms with Crippen LogP contribution in [0.4, 0.5) is 0 Å². The predicted octanol–water partition coefficient (Wildman–Crippen LogP) is 3.54. The van der Waals surface area contributed by atoms with Crippen molar-refractivity contribution in [3.8, 4) is 5.75 Å². The Kier molecular flexibility index (Phi) is 5.87. The highest BCUT2D eigenvalue weighted by Gasteiger charge is 2.19. The quantitative estimate of drug-likeness (QED) is 0.740. The molecule has 2 aromatic rings. The third-order valence-corrected chi connectivity index (χ3v) is 3.41. The van der Waals surface area contributed by atoms with Gasteiger partial charge in [-0.3, -0.25) is 0 Å². The van der Waals surface area contributed by atoms with Crippen LogP contribution in [-0.2, 0) is 20.9 Å². The second-order valence-electron chi connectivity index (χ2n) is 5.04. The minimum absolute atomic E-state index is 0.0460. The summed E-state index contributed by atoms with van der Waals surface area (Å²) < 4.78 is 20.4. The van der Waals surface area contributed by atoms with Crippen LogP contribution in [0.5, 0.6) is 5.75 Å². The first-order valence-corrected chi connectivity index (χ1v) is 7.55. The molecular formula is C17H17ClO6. The molecule has 7 heteroatoms. The van der Waals surface area contributed by atoms with Gasteiger partial charge in [-0.15, -0.1) is 0 Å². The Balaban J connectivity index is 1.89. The van der Waals surface area contributed by atoms with Crippen molar-refractivity contribution in [2.45, 2.75) is 26.6 Å². The van der Waals surface area contributed by atoms with Crippen LogP contribution in [0, 0.1) is 6.92 Å². The van der Waals surface area contributed by atoms with Crippen LogP contribution in [0.15, 0.2) is 34.7 Å². The number of benzene rings is 1. The van der Waals surface area contributed by atoms with Crippen molar-refractivity contribution in [3.63, 3.8) is 0 Å². The molecule has 0 radical (unpaired) electrons. The normalized spacial score (nSPS) is 11.7.